The zero-order chi connectivity index (χ0) is 9.31. The Balaban J connectivity index is 1.67. The van der Waals surface area contributed by atoms with Gasteiger partial charge in [-0.15, -0.1) is 0 Å². The van der Waals surface area contributed by atoms with E-state index >= 15 is 0 Å². The van der Waals surface area contributed by atoms with Gasteiger partial charge in [-0.25, -0.2) is 0 Å². The zero-order valence-electron chi connectivity index (χ0n) is 8.68. The second-order valence-electron chi connectivity index (χ2n) is 4.55. The molecule has 1 aliphatic carbocycles. The molecule has 0 N–H and O–H groups in total. The first-order valence-corrected chi connectivity index (χ1v) is 5.51. The second kappa shape index (κ2) is 3.32. The molecule has 2 nitrogen and oxygen atoms in total. The summed E-state index contributed by atoms with van der Waals surface area (Å²) in [6.45, 7) is 4.41. The molecule has 1 aliphatic heterocycles. The number of rotatable bonds is 5. The molecule has 0 aromatic heterocycles. The Morgan fingerprint density at radius 3 is 2.85 bits per heavy atom. The minimum atomic E-state index is 0.125. The average molecular weight is 181 g/mol. The van der Waals surface area contributed by atoms with Crippen molar-refractivity contribution in [2.75, 3.05) is 0 Å². The third-order valence-corrected chi connectivity index (χ3v) is 3.25. The van der Waals surface area contributed by atoms with Crippen molar-refractivity contribution in [1.29, 1.82) is 0 Å². The van der Waals surface area contributed by atoms with Crippen LogP contribution in [0, 0.1) is 5.92 Å². The van der Waals surface area contributed by atoms with Crippen molar-refractivity contribution < 1.29 is 4.84 Å². The molecule has 2 unspecified atom stereocenters. The van der Waals surface area contributed by atoms with Gasteiger partial charge in [0, 0.05) is 12.3 Å². The van der Waals surface area contributed by atoms with Crippen LogP contribution in [0.5, 0.6) is 0 Å². The van der Waals surface area contributed by atoms with Crippen LogP contribution in [0.25, 0.3) is 0 Å². The molecule has 13 heavy (non-hydrogen) atoms. The van der Waals surface area contributed by atoms with Crippen LogP contribution in [0.4, 0.5) is 0 Å². The van der Waals surface area contributed by atoms with Gasteiger partial charge in [-0.2, -0.15) is 0 Å². The maximum Gasteiger partial charge on any atom is 0.144 e. The molecule has 1 fully saturated rings. The van der Waals surface area contributed by atoms with E-state index < -0.39 is 0 Å². The van der Waals surface area contributed by atoms with E-state index in [-0.39, 0.29) is 5.60 Å². The molecule has 0 amide bonds. The fraction of sp³-hybridized carbons (Fsp3) is 0.909. The van der Waals surface area contributed by atoms with Crippen molar-refractivity contribution >= 4 is 5.71 Å². The minimum Gasteiger partial charge on any atom is -0.389 e. The Labute approximate surface area is 80.3 Å². The molecule has 0 spiro atoms. The molecule has 1 heterocycles. The SMILES string of the molecule is CCCCCCC1=NOC2(C)CC12. The van der Waals surface area contributed by atoms with E-state index in [0.717, 1.165) is 0 Å². The highest BCUT2D eigenvalue weighted by atomic mass is 16.7. The molecule has 0 aromatic carbocycles. The maximum atomic E-state index is 5.37. The molecule has 0 aromatic rings. The first-order chi connectivity index (χ1) is 6.26. The van der Waals surface area contributed by atoms with Gasteiger partial charge in [-0.1, -0.05) is 31.3 Å². The quantitative estimate of drug-likeness (QED) is 0.597. The van der Waals surface area contributed by atoms with E-state index in [1.165, 1.54) is 44.2 Å². The van der Waals surface area contributed by atoms with Crippen molar-refractivity contribution in [2.24, 2.45) is 11.1 Å². The fourth-order valence-corrected chi connectivity index (χ4v) is 2.10. The van der Waals surface area contributed by atoms with E-state index in [4.69, 9.17) is 4.84 Å². The third-order valence-electron chi connectivity index (χ3n) is 3.25. The summed E-state index contributed by atoms with van der Waals surface area (Å²) in [6, 6.07) is 0. The van der Waals surface area contributed by atoms with Gasteiger partial charge in [0.25, 0.3) is 0 Å². The van der Waals surface area contributed by atoms with Gasteiger partial charge in [0.15, 0.2) is 0 Å². The van der Waals surface area contributed by atoms with Gasteiger partial charge in [-0.05, 0) is 19.8 Å². The number of fused-ring (bicyclic) bond motifs is 1. The highest BCUT2D eigenvalue weighted by molar-refractivity contribution is 5.91. The normalized spacial score (nSPS) is 35.2. The standard InChI is InChI=1S/C11H19NO/c1-3-4-5-6-7-10-9-8-11(9,2)13-12-10/h9H,3-8H2,1-2H3. The van der Waals surface area contributed by atoms with Crippen molar-refractivity contribution in [3.05, 3.63) is 0 Å². The summed E-state index contributed by atoms with van der Waals surface area (Å²) in [5.41, 5.74) is 1.46. The van der Waals surface area contributed by atoms with Gasteiger partial charge >= 0.3 is 0 Å². The Bertz CT molecular complexity index is 224. The maximum absolute atomic E-state index is 5.37. The summed E-state index contributed by atoms with van der Waals surface area (Å²) in [7, 11) is 0. The lowest BCUT2D eigenvalue weighted by Crippen LogP contribution is -2.05. The first kappa shape index (κ1) is 9.04. The summed E-state index contributed by atoms with van der Waals surface area (Å²) in [6.07, 6.45) is 7.68. The van der Waals surface area contributed by atoms with E-state index in [2.05, 4.69) is 19.0 Å². The van der Waals surface area contributed by atoms with Crippen LogP contribution in [0.1, 0.15) is 52.4 Å². The largest absolute Gasteiger partial charge is 0.389 e. The van der Waals surface area contributed by atoms with Gasteiger partial charge in [0.1, 0.15) is 5.60 Å². The zero-order valence-corrected chi connectivity index (χ0v) is 8.68. The molecule has 0 saturated heterocycles. The lowest BCUT2D eigenvalue weighted by molar-refractivity contribution is 0.0619. The van der Waals surface area contributed by atoms with Crippen LogP contribution in [-0.2, 0) is 4.84 Å². The molecular formula is C11H19NO. The van der Waals surface area contributed by atoms with Gasteiger partial charge in [0.2, 0.25) is 0 Å². The van der Waals surface area contributed by atoms with Crippen LogP contribution >= 0.6 is 0 Å². The predicted molar refractivity (Wildman–Crippen MR) is 53.8 cm³/mol. The van der Waals surface area contributed by atoms with Crippen LogP contribution in [0.15, 0.2) is 5.16 Å². The molecule has 2 heteroatoms. The van der Waals surface area contributed by atoms with E-state index in [0.29, 0.717) is 5.92 Å². The minimum absolute atomic E-state index is 0.125. The topological polar surface area (TPSA) is 21.6 Å². The Hall–Kier alpha value is -0.530. The van der Waals surface area contributed by atoms with E-state index in [1.54, 1.807) is 0 Å². The number of nitrogens with zero attached hydrogens (tertiary/aromatic N) is 1. The molecule has 74 valence electrons. The summed E-state index contributed by atoms with van der Waals surface area (Å²) in [4.78, 5) is 5.37. The van der Waals surface area contributed by atoms with E-state index in [9.17, 15) is 0 Å². The monoisotopic (exact) mass is 181 g/mol. The summed E-state index contributed by atoms with van der Waals surface area (Å²) in [5.74, 6) is 0.675. The molecular weight excluding hydrogens is 162 g/mol. The van der Waals surface area contributed by atoms with Crippen molar-refractivity contribution in [3.8, 4) is 0 Å². The Morgan fingerprint density at radius 2 is 2.31 bits per heavy atom. The summed E-state index contributed by atoms with van der Waals surface area (Å²) in [5, 5.41) is 4.15. The smallest absolute Gasteiger partial charge is 0.144 e. The first-order valence-electron chi connectivity index (χ1n) is 5.51. The highest BCUT2D eigenvalue weighted by Gasteiger charge is 2.59. The van der Waals surface area contributed by atoms with E-state index in [1.807, 2.05) is 0 Å². The number of unbranched alkanes of at least 4 members (excludes halogenated alkanes) is 3. The van der Waals surface area contributed by atoms with Crippen molar-refractivity contribution in [2.45, 2.75) is 58.0 Å². The molecule has 2 atom stereocenters. The molecule has 0 bridgehead atoms. The summed E-state index contributed by atoms with van der Waals surface area (Å²) < 4.78 is 0. The molecule has 2 rings (SSSR count). The average Bonchev–Trinajstić information content (AvgIpc) is 2.69. The molecule has 2 aliphatic rings. The van der Waals surface area contributed by atoms with Crippen LogP contribution in [0.3, 0.4) is 0 Å². The lowest BCUT2D eigenvalue weighted by Gasteiger charge is -1.99. The van der Waals surface area contributed by atoms with Crippen LogP contribution < -0.4 is 0 Å². The van der Waals surface area contributed by atoms with Crippen LogP contribution in [0.2, 0.25) is 0 Å². The van der Waals surface area contributed by atoms with Crippen molar-refractivity contribution in [3.63, 3.8) is 0 Å². The Morgan fingerprint density at radius 1 is 1.46 bits per heavy atom. The molecule has 0 radical (unpaired) electrons. The van der Waals surface area contributed by atoms with Gasteiger partial charge in [-0.3, -0.25) is 0 Å². The number of hydrogen-bond donors (Lipinski definition) is 0. The van der Waals surface area contributed by atoms with Gasteiger partial charge < -0.3 is 4.84 Å². The van der Waals surface area contributed by atoms with Crippen LogP contribution in [-0.4, -0.2) is 11.3 Å². The number of hydrogen-bond acceptors (Lipinski definition) is 2. The second-order valence-corrected chi connectivity index (χ2v) is 4.55. The lowest BCUT2D eigenvalue weighted by atomic mass is 10.1. The Kier molecular flexibility index (Phi) is 2.31. The number of oxime groups is 1. The fourth-order valence-electron chi connectivity index (χ4n) is 2.10. The third kappa shape index (κ3) is 1.72. The summed E-state index contributed by atoms with van der Waals surface area (Å²) >= 11 is 0. The van der Waals surface area contributed by atoms with Gasteiger partial charge in [0.05, 0.1) is 5.71 Å². The van der Waals surface area contributed by atoms with Crippen molar-refractivity contribution in [1.82, 2.24) is 0 Å². The predicted octanol–water partition coefficient (Wildman–Crippen LogP) is 3.12. The highest BCUT2D eigenvalue weighted by Crippen LogP contribution is 2.52. The molecule has 1 saturated carbocycles.